The molecule has 0 aromatic heterocycles. The number of aliphatic imine (C=N–C) groups is 6. The van der Waals surface area contributed by atoms with Crippen molar-refractivity contribution in [2.75, 3.05) is 71.2 Å². The fourth-order valence-electron chi connectivity index (χ4n) is 9.91. The predicted molar refractivity (Wildman–Crippen MR) is 408 cm³/mol. The van der Waals surface area contributed by atoms with Crippen LogP contribution in [0.5, 0.6) is 0 Å². The minimum Gasteiger partial charge on any atom is -0.370 e. The standard InChI is InChI=1S/C60H118N34O13S/c61-21-3-1-11-33(86-46(99)32(85-44(97)29-63)13-5-23-78-55(66)67)47(100)87-34(12-2-4-22-62)48(101)88-35(14-6-24-79-56(68)69)49(102)90-38(17-9-27-82-59(74)75)52(105)93-40(19-20-42(64)95)54(107)92-37(16-8-26-81-58(72)73)51(104)89-36(15-7-25-80-57(70)71)50(103)91-39(18-10-28-83-60(76)77)53(106)94-41(31-108)45(98)84-30-43(65)96/h32-41,108H,1-31,61-63H2,(H2,64,95)(H2,65,96)(H,84,98)(H,85,97)(H,86,99)(H,87,100)(H,88,101)(H,89,104)(H,90,102)(H,91,103)(H,92,107)(H,93,105)(H,94,106)(H4,66,67,78)(H4,68,69,79)(H4,70,71,80)(H4,72,73,81)(H4,74,75,82)(H4,76,77,83)/t32-,33-,34-,35-,36-,37-,38-,39-,40-,41-/m0/s1. The molecule has 0 saturated heterocycles. The van der Waals surface area contributed by atoms with Crippen molar-refractivity contribution in [3.8, 4) is 0 Å². The summed E-state index contributed by atoms with van der Waals surface area (Å²) in [6.07, 6.45) is -0.689. The molecule has 0 rings (SSSR count). The number of carbonyl (C=O) groups excluding carboxylic acids is 13. The molecule has 108 heavy (non-hydrogen) atoms. The summed E-state index contributed by atoms with van der Waals surface area (Å²) >= 11 is 4.15. The molecule has 10 atom stereocenters. The molecule has 0 aliphatic heterocycles. The Morgan fingerprint density at radius 1 is 0.259 bits per heavy atom. The highest BCUT2D eigenvalue weighted by molar-refractivity contribution is 7.80. The first-order chi connectivity index (χ1) is 51.1. The Morgan fingerprint density at radius 3 is 0.667 bits per heavy atom. The highest BCUT2D eigenvalue weighted by Crippen LogP contribution is 2.13. The Labute approximate surface area is 631 Å². The lowest BCUT2D eigenvalue weighted by atomic mass is 10.0. The third-order valence-electron chi connectivity index (χ3n) is 15.4. The van der Waals surface area contributed by atoms with Crippen LogP contribution >= 0.6 is 12.6 Å². The molecule has 0 saturated carbocycles. The molecule has 0 aromatic carbocycles. The Kier molecular flexibility index (Phi) is 50.6. The highest BCUT2D eigenvalue weighted by Gasteiger charge is 2.36. The summed E-state index contributed by atoms with van der Waals surface area (Å²) in [4.78, 5) is 203. The number of primary amides is 2. The second-order valence-corrected chi connectivity index (χ2v) is 24.9. The molecular weight excluding hydrogens is 1440 g/mol. The van der Waals surface area contributed by atoms with Crippen molar-refractivity contribution in [3.05, 3.63) is 0 Å². The van der Waals surface area contributed by atoms with Gasteiger partial charge in [0.25, 0.3) is 0 Å². The first kappa shape index (κ1) is 97.0. The number of amides is 13. The Bertz CT molecular complexity index is 3060. The molecule has 45 N–H and O–H groups in total. The largest absolute Gasteiger partial charge is 0.370 e. The number of unbranched alkanes of at least 4 members (excludes halogenated alkanes) is 2. The van der Waals surface area contributed by atoms with E-state index in [-0.39, 0.29) is 190 Å². The van der Waals surface area contributed by atoms with Crippen LogP contribution in [-0.2, 0) is 62.3 Å². The number of guanidine groups is 6. The van der Waals surface area contributed by atoms with Gasteiger partial charge in [-0.1, -0.05) is 0 Å². The number of carbonyl (C=O) groups is 13. The van der Waals surface area contributed by atoms with Crippen LogP contribution in [0.1, 0.15) is 128 Å². The molecule has 0 aliphatic carbocycles. The maximum Gasteiger partial charge on any atom is 0.243 e. The van der Waals surface area contributed by atoms with Crippen molar-refractivity contribution in [1.82, 2.24) is 58.5 Å². The minimum absolute atomic E-state index is 0.00979. The van der Waals surface area contributed by atoms with Crippen molar-refractivity contribution in [3.63, 3.8) is 0 Å². The first-order valence-electron chi connectivity index (χ1n) is 35.0. The Balaban J connectivity index is 7.81. The molecule has 48 heteroatoms. The van der Waals surface area contributed by atoms with Gasteiger partial charge in [-0.15, -0.1) is 0 Å². The smallest absolute Gasteiger partial charge is 0.243 e. The second kappa shape index (κ2) is 56.3. The van der Waals surface area contributed by atoms with Gasteiger partial charge in [-0.05, 0) is 135 Å². The molecule has 0 fully saturated rings. The van der Waals surface area contributed by atoms with Crippen LogP contribution in [0.2, 0.25) is 0 Å². The summed E-state index contributed by atoms with van der Waals surface area (Å²) in [6.45, 7) is -0.970. The summed E-state index contributed by atoms with van der Waals surface area (Å²) in [7, 11) is 0. The molecule has 0 aliphatic rings. The zero-order chi connectivity index (χ0) is 81.7. The van der Waals surface area contributed by atoms with Crippen LogP contribution < -0.4 is 156 Å². The fraction of sp³-hybridized carbons (Fsp3) is 0.683. The van der Waals surface area contributed by atoms with E-state index < -0.39 is 163 Å². The number of hydrogen-bond acceptors (Lipinski definition) is 23. The third-order valence-corrected chi connectivity index (χ3v) is 15.8. The zero-order valence-electron chi connectivity index (χ0n) is 60.9. The van der Waals surface area contributed by atoms with Gasteiger partial charge in [-0.25, -0.2) is 0 Å². The van der Waals surface area contributed by atoms with Crippen LogP contribution in [0.3, 0.4) is 0 Å². The summed E-state index contributed by atoms with van der Waals surface area (Å²) < 4.78 is 0. The lowest BCUT2D eigenvalue weighted by molar-refractivity contribution is -0.136. The van der Waals surface area contributed by atoms with Gasteiger partial charge in [0.05, 0.1) is 13.1 Å². The van der Waals surface area contributed by atoms with E-state index in [0.717, 1.165) is 0 Å². The number of nitrogens with one attached hydrogen (secondary N) is 11. The summed E-state index contributed by atoms with van der Waals surface area (Å²) in [6, 6.07) is -14.9. The van der Waals surface area contributed by atoms with Crippen LogP contribution in [0.15, 0.2) is 30.0 Å². The van der Waals surface area contributed by atoms with E-state index in [0.29, 0.717) is 19.3 Å². The third kappa shape index (κ3) is 46.0. The number of nitrogens with two attached hydrogens (primary N) is 17. The number of hydrogen-bond donors (Lipinski definition) is 29. The summed E-state index contributed by atoms with van der Waals surface area (Å²) in [5.74, 6) is -14.1. The summed E-state index contributed by atoms with van der Waals surface area (Å²) in [5.41, 5.74) is 94.5. The molecule has 0 spiro atoms. The first-order valence-corrected chi connectivity index (χ1v) is 35.6. The van der Waals surface area contributed by atoms with Gasteiger partial charge in [0.1, 0.15) is 60.4 Å². The minimum atomic E-state index is -1.76. The van der Waals surface area contributed by atoms with Crippen molar-refractivity contribution >= 4 is 125 Å². The van der Waals surface area contributed by atoms with Gasteiger partial charge in [-0.2, -0.15) is 12.6 Å². The van der Waals surface area contributed by atoms with Gasteiger partial charge in [0.15, 0.2) is 35.8 Å². The van der Waals surface area contributed by atoms with Crippen LogP contribution in [0.4, 0.5) is 0 Å². The number of thiol groups is 1. The lowest BCUT2D eigenvalue weighted by Crippen LogP contribution is -2.60. The molecule has 0 heterocycles. The average Bonchev–Trinajstić information content (AvgIpc) is 0.859. The van der Waals surface area contributed by atoms with Crippen molar-refractivity contribution < 1.29 is 62.3 Å². The van der Waals surface area contributed by atoms with Gasteiger partial charge in [-0.3, -0.25) is 92.3 Å². The monoisotopic (exact) mass is 1550 g/mol. The van der Waals surface area contributed by atoms with Gasteiger partial charge in [0, 0.05) is 51.4 Å². The van der Waals surface area contributed by atoms with E-state index >= 15 is 0 Å². The van der Waals surface area contributed by atoms with E-state index in [1.165, 1.54) is 0 Å². The molecule has 612 valence electrons. The average molecular weight is 1560 g/mol. The SMILES string of the molecule is NCCCC[C@H](NC(=O)[C@H](CCCN=C(N)N)NC(=O)CN)C(=O)N[C@@H](CCCCN)C(=O)N[C@@H](CCCN=C(N)N)C(=O)N[C@@H](CCCN=C(N)N)C(=O)N[C@@H](CCC(N)=O)C(=O)N[C@@H](CCCN=C(N)N)C(=O)N[C@@H](CCCN=C(N)N)C(=O)N[C@@H](CCCN=C(N)N)C(=O)N[C@@H](CS)C(=O)NCC(N)=O. The van der Waals surface area contributed by atoms with Gasteiger partial charge >= 0.3 is 0 Å². The summed E-state index contributed by atoms with van der Waals surface area (Å²) in [5, 5.41) is 28.1. The van der Waals surface area contributed by atoms with Crippen molar-refractivity contribution in [2.24, 2.45) is 127 Å². The van der Waals surface area contributed by atoms with Gasteiger partial charge in [0.2, 0.25) is 76.8 Å². The van der Waals surface area contributed by atoms with E-state index in [9.17, 15) is 62.3 Å². The van der Waals surface area contributed by atoms with Crippen LogP contribution in [0.25, 0.3) is 0 Å². The number of rotatable bonds is 59. The molecule has 0 radical (unpaired) electrons. The fourth-order valence-corrected chi connectivity index (χ4v) is 10.2. The van der Waals surface area contributed by atoms with E-state index in [1.807, 2.05) is 0 Å². The molecule has 47 nitrogen and oxygen atoms in total. The topological polar surface area (TPSA) is 871 Å². The maximum atomic E-state index is 14.8. The van der Waals surface area contributed by atoms with E-state index in [4.69, 9.17) is 97.5 Å². The normalized spacial score (nSPS) is 13.5. The van der Waals surface area contributed by atoms with Crippen molar-refractivity contribution in [1.29, 1.82) is 0 Å². The van der Waals surface area contributed by atoms with Gasteiger partial charge < -0.3 is 156 Å². The quantitative estimate of drug-likeness (QED) is 0.0116. The van der Waals surface area contributed by atoms with Crippen LogP contribution in [0, 0.1) is 0 Å². The van der Waals surface area contributed by atoms with Crippen LogP contribution in [-0.4, -0.2) is 244 Å². The molecule has 0 unspecified atom stereocenters. The van der Waals surface area contributed by atoms with E-state index in [2.05, 4.69) is 101 Å². The maximum absolute atomic E-state index is 14.8. The predicted octanol–water partition coefficient (Wildman–Crippen LogP) is -13.8. The molecule has 0 bridgehead atoms. The van der Waals surface area contributed by atoms with Crippen molar-refractivity contribution in [2.45, 2.75) is 189 Å². The zero-order valence-corrected chi connectivity index (χ0v) is 61.8. The van der Waals surface area contributed by atoms with E-state index in [1.54, 1.807) is 0 Å². The number of nitrogens with zero attached hydrogens (tertiary/aromatic N) is 6. The molecule has 0 aromatic rings. The Hall–Kier alpha value is -11.0. The molecule has 13 amide bonds. The second-order valence-electron chi connectivity index (χ2n) is 24.5. The molecular formula is C60H118N34O13S. The Morgan fingerprint density at radius 2 is 0.472 bits per heavy atom. The lowest BCUT2D eigenvalue weighted by Gasteiger charge is -2.28. The highest BCUT2D eigenvalue weighted by atomic mass is 32.1.